The number of carbonyl (C=O) groups excluding carboxylic acids is 3. The van der Waals surface area contributed by atoms with Crippen LogP contribution in [0.15, 0.2) is 42.5 Å². The molecule has 0 radical (unpaired) electrons. The second kappa shape index (κ2) is 16.8. The molecule has 0 bridgehead atoms. The Morgan fingerprint density at radius 1 is 0.863 bits per heavy atom. The van der Waals surface area contributed by atoms with Crippen LogP contribution in [0.4, 0.5) is 9.59 Å². The quantitative estimate of drug-likeness (QED) is 0.0959. The van der Waals surface area contributed by atoms with Crippen molar-refractivity contribution in [1.82, 2.24) is 9.80 Å². The number of imide groups is 1. The number of unbranched alkanes of at least 4 members (excludes halogenated alkanes) is 1. The third kappa shape index (κ3) is 12.1. The maximum absolute atomic E-state index is 14.9. The Morgan fingerprint density at radius 3 is 1.96 bits per heavy atom. The zero-order chi connectivity index (χ0) is 38.4. The number of hydrogen-bond acceptors (Lipinski definition) is 9. The van der Waals surface area contributed by atoms with Crippen molar-refractivity contribution in [3.05, 3.63) is 58.6 Å². The van der Waals surface area contributed by atoms with Crippen LogP contribution in [0.1, 0.15) is 99.6 Å². The molecule has 12 heteroatoms. The van der Waals surface area contributed by atoms with Gasteiger partial charge in [-0.1, -0.05) is 47.5 Å². The smallest absolute Gasteiger partial charge is 0.419 e. The Bertz CT molecular complexity index is 1550. The lowest BCUT2D eigenvalue weighted by Gasteiger charge is -2.46. The van der Waals surface area contributed by atoms with Crippen molar-refractivity contribution >= 4 is 37.1 Å². The van der Waals surface area contributed by atoms with Gasteiger partial charge >= 0.3 is 18.2 Å². The molecule has 1 heterocycles. The van der Waals surface area contributed by atoms with Crippen molar-refractivity contribution < 1.29 is 37.7 Å². The number of ether oxygens (including phenoxy) is 3. The van der Waals surface area contributed by atoms with E-state index >= 15 is 0 Å². The molecule has 0 aliphatic carbocycles. The van der Waals surface area contributed by atoms with E-state index in [-0.39, 0.29) is 32.3 Å². The fourth-order valence-corrected chi connectivity index (χ4v) is 9.19. The predicted octanol–water partition coefficient (Wildman–Crippen LogP) is 9.87. The number of benzene rings is 2. The lowest BCUT2D eigenvalue weighted by atomic mass is 9.96. The molecule has 0 aromatic heterocycles. The average molecular weight is 749 g/mol. The molecule has 0 saturated carbocycles. The van der Waals surface area contributed by atoms with Crippen molar-refractivity contribution in [1.29, 1.82) is 0 Å². The van der Waals surface area contributed by atoms with E-state index in [9.17, 15) is 18.9 Å². The largest absolute Gasteiger partial charge is 0.459 e. The molecule has 1 unspecified atom stereocenters. The Hall–Kier alpha value is -2.91. The SMILES string of the molecule is CCOP1(=O)CCN(Cc2ccc(Cl)cc2-c2ccc(C)cc2)C[C@@]1(CCCCN(C(=O)OC(C)(C)C)C(=O)OC(C)(C)C)C(=O)OC(C)(C)C. The van der Waals surface area contributed by atoms with Crippen LogP contribution in [-0.2, 0) is 34.6 Å². The Morgan fingerprint density at radius 2 is 1.43 bits per heavy atom. The van der Waals surface area contributed by atoms with E-state index < -0.39 is 47.5 Å². The molecule has 284 valence electrons. The van der Waals surface area contributed by atoms with Crippen LogP contribution >= 0.6 is 19.0 Å². The molecule has 1 fully saturated rings. The van der Waals surface area contributed by atoms with Crippen LogP contribution in [0.3, 0.4) is 0 Å². The van der Waals surface area contributed by atoms with Gasteiger partial charge in [0.25, 0.3) is 0 Å². The third-order valence-corrected chi connectivity index (χ3v) is 11.8. The molecule has 0 N–H and O–H groups in total. The first kappa shape index (κ1) is 42.5. The first-order valence-electron chi connectivity index (χ1n) is 17.8. The van der Waals surface area contributed by atoms with E-state index in [0.29, 0.717) is 31.0 Å². The van der Waals surface area contributed by atoms with Crippen LogP contribution in [0.5, 0.6) is 0 Å². The number of amides is 2. The summed E-state index contributed by atoms with van der Waals surface area (Å²) in [4.78, 5) is 43.7. The summed E-state index contributed by atoms with van der Waals surface area (Å²) in [5.41, 5.74) is 1.64. The van der Waals surface area contributed by atoms with Gasteiger partial charge in [-0.15, -0.1) is 0 Å². The maximum atomic E-state index is 14.9. The number of nitrogens with zero attached hydrogens (tertiary/aromatic N) is 2. The predicted molar refractivity (Wildman–Crippen MR) is 203 cm³/mol. The van der Waals surface area contributed by atoms with E-state index in [4.69, 9.17) is 30.3 Å². The van der Waals surface area contributed by atoms with Crippen LogP contribution < -0.4 is 0 Å². The zero-order valence-corrected chi connectivity index (χ0v) is 34.0. The summed E-state index contributed by atoms with van der Waals surface area (Å²) in [5.74, 6) is -0.581. The van der Waals surface area contributed by atoms with Crippen molar-refractivity contribution in [2.24, 2.45) is 0 Å². The average Bonchev–Trinajstić information content (AvgIpc) is 2.97. The summed E-state index contributed by atoms with van der Waals surface area (Å²) in [6, 6.07) is 14.0. The summed E-state index contributed by atoms with van der Waals surface area (Å²) >= 11 is 6.47. The Labute approximate surface area is 309 Å². The van der Waals surface area contributed by atoms with Gasteiger partial charge in [0, 0.05) is 37.4 Å². The standard InChI is InChI=1S/C39H58ClN2O8P/c1-12-47-51(46)24-23-41(26-30-19-20-31(40)25-32(30)29-17-15-28(2)16-18-29)27-39(51,33(43)48-36(3,4)5)21-13-14-22-42(34(44)49-37(6,7)8)35(45)50-38(9,10)11/h15-20,25H,12-14,21-24,26-27H2,1-11H3/t39-,51?/m0/s1. The van der Waals surface area contributed by atoms with E-state index in [1.807, 2.05) is 25.1 Å². The molecule has 51 heavy (non-hydrogen) atoms. The molecule has 0 spiro atoms. The van der Waals surface area contributed by atoms with Gasteiger partial charge in [0.05, 0.1) is 6.61 Å². The van der Waals surface area contributed by atoms with Crippen LogP contribution in [0.2, 0.25) is 5.02 Å². The number of halogens is 1. The van der Waals surface area contributed by atoms with Crippen molar-refractivity contribution in [3.63, 3.8) is 0 Å². The van der Waals surface area contributed by atoms with E-state index in [2.05, 4.69) is 29.2 Å². The minimum atomic E-state index is -3.61. The first-order valence-corrected chi connectivity index (χ1v) is 19.9. The fraction of sp³-hybridized carbons (Fsp3) is 0.615. The van der Waals surface area contributed by atoms with Crippen molar-refractivity contribution in [3.8, 4) is 11.1 Å². The van der Waals surface area contributed by atoms with Gasteiger partial charge in [0.1, 0.15) is 16.8 Å². The highest BCUT2D eigenvalue weighted by Crippen LogP contribution is 2.64. The summed E-state index contributed by atoms with van der Waals surface area (Å²) in [6.07, 6.45) is -0.705. The second-order valence-electron chi connectivity index (χ2n) is 16.3. The highest BCUT2D eigenvalue weighted by molar-refractivity contribution is 7.62. The minimum absolute atomic E-state index is 0.0262. The summed E-state index contributed by atoms with van der Waals surface area (Å²) in [7, 11) is -3.61. The van der Waals surface area contributed by atoms with Gasteiger partial charge in [-0.05, 0) is 124 Å². The normalized spacial score (nSPS) is 20.1. The Kier molecular flexibility index (Phi) is 14.0. The second-order valence-corrected chi connectivity index (χ2v) is 19.6. The molecule has 2 aromatic rings. The molecule has 2 atom stereocenters. The third-order valence-electron chi connectivity index (χ3n) is 8.24. The molecule has 2 amide bonds. The summed E-state index contributed by atoms with van der Waals surface area (Å²) in [6.45, 7) is 20.7. The molecule has 3 rings (SSSR count). The number of aryl methyl sites for hydroxylation is 1. The monoisotopic (exact) mass is 748 g/mol. The van der Waals surface area contributed by atoms with Crippen molar-refractivity contribution in [2.45, 2.75) is 124 Å². The van der Waals surface area contributed by atoms with E-state index in [1.54, 1.807) is 69.2 Å². The fourth-order valence-electron chi connectivity index (χ4n) is 6.01. The van der Waals surface area contributed by atoms with Gasteiger partial charge in [0.2, 0.25) is 7.37 Å². The number of hydrogen-bond donors (Lipinski definition) is 0. The maximum Gasteiger partial charge on any atom is 0.419 e. The Balaban J connectivity index is 1.97. The lowest BCUT2D eigenvalue weighted by molar-refractivity contribution is -0.160. The highest BCUT2D eigenvalue weighted by atomic mass is 35.5. The van der Waals surface area contributed by atoms with Gasteiger partial charge in [-0.2, -0.15) is 0 Å². The topological polar surface area (TPSA) is 112 Å². The number of carbonyl (C=O) groups is 3. The summed E-state index contributed by atoms with van der Waals surface area (Å²) in [5, 5.41) is -0.878. The molecular formula is C39H58ClN2O8P. The minimum Gasteiger partial charge on any atom is -0.459 e. The number of rotatable bonds is 11. The van der Waals surface area contributed by atoms with Crippen LogP contribution in [0, 0.1) is 6.92 Å². The van der Waals surface area contributed by atoms with Gasteiger partial charge < -0.3 is 18.7 Å². The zero-order valence-electron chi connectivity index (χ0n) is 32.4. The molecular weight excluding hydrogens is 691 g/mol. The van der Waals surface area contributed by atoms with E-state index in [0.717, 1.165) is 27.2 Å². The molecule has 1 aliphatic heterocycles. The molecule has 1 aliphatic rings. The molecule has 10 nitrogen and oxygen atoms in total. The van der Waals surface area contributed by atoms with E-state index in [1.165, 1.54) is 0 Å². The highest BCUT2D eigenvalue weighted by Gasteiger charge is 2.59. The first-order chi connectivity index (χ1) is 23.5. The van der Waals surface area contributed by atoms with Gasteiger partial charge in [-0.25, -0.2) is 14.5 Å². The van der Waals surface area contributed by atoms with Gasteiger partial charge in [0.15, 0.2) is 5.16 Å². The number of esters is 1. The van der Waals surface area contributed by atoms with Crippen LogP contribution in [0.25, 0.3) is 11.1 Å². The molecule has 1 saturated heterocycles. The van der Waals surface area contributed by atoms with Crippen molar-refractivity contribution in [2.75, 3.05) is 32.4 Å². The molecule has 2 aromatic carbocycles. The lowest BCUT2D eigenvalue weighted by Crippen LogP contribution is -2.56. The summed E-state index contributed by atoms with van der Waals surface area (Å²) < 4.78 is 38.0. The van der Waals surface area contributed by atoms with Crippen LogP contribution in [-0.4, -0.2) is 82.3 Å². The van der Waals surface area contributed by atoms with Gasteiger partial charge in [-0.3, -0.25) is 14.3 Å².